The van der Waals surface area contributed by atoms with Crippen molar-refractivity contribution in [2.45, 2.75) is 13.3 Å². The van der Waals surface area contributed by atoms with Crippen LogP contribution >= 0.6 is 0 Å². The lowest BCUT2D eigenvalue weighted by atomic mass is 10.2. The highest BCUT2D eigenvalue weighted by Crippen LogP contribution is 2.10. The van der Waals surface area contributed by atoms with E-state index in [0.29, 0.717) is 5.69 Å². The van der Waals surface area contributed by atoms with Gasteiger partial charge in [0.15, 0.2) is 0 Å². The van der Waals surface area contributed by atoms with Crippen LogP contribution in [0.25, 0.3) is 0 Å². The standard InChI is InChI=1S/C19H19NO2/c1-3-14-20-18-12-8-16(9-13-19(18)21)5-4-15-6-10-17(22-2)11-7-15/h6-13H,3,14H2,1-2H3,(H,20,21). The molecule has 0 unspecified atom stereocenters. The topological polar surface area (TPSA) is 38.3 Å². The van der Waals surface area contributed by atoms with Crippen LogP contribution in [-0.4, -0.2) is 13.7 Å². The highest BCUT2D eigenvalue weighted by Gasteiger charge is 1.95. The first-order valence-electron chi connectivity index (χ1n) is 7.27. The molecule has 0 aliphatic heterocycles. The van der Waals surface area contributed by atoms with Gasteiger partial charge in [-0.15, -0.1) is 0 Å². The molecule has 2 aromatic rings. The van der Waals surface area contributed by atoms with Crippen LogP contribution in [0.2, 0.25) is 0 Å². The number of rotatable bonds is 4. The van der Waals surface area contributed by atoms with E-state index >= 15 is 0 Å². The summed E-state index contributed by atoms with van der Waals surface area (Å²) in [4.78, 5) is 11.9. The molecule has 0 fully saturated rings. The third-order valence-electron chi connectivity index (χ3n) is 3.12. The van der Waals surface area contributed by atoms with E-state index in [4.69, 9.17) is 4.74 Å². The van der Waals surface area contributed by atoms with E-state index in [0.717, 1.165) is 29.8 Å². The van der Waals surface area contributed by atoms with E-state index in [-0.39, 0.29) is 5.43 Å². The Morgan fingerprint density at radius 2 is 1.55 bits per heavy atom. The predicted molar refractivity (Wildman–Crippen MR) is 90.5 cm³/mol. The van der Waals surface area contributed by atoms with E-state index in [1.165, 1.54) is 0 Å². The predicted octanol–water partition coefficient (Wildman–Crippen LogP) is 3.28. The van der Waals surface area contributed by atoms with Gasteiger partial charge in [-0.1, -0.05) is 18.8 Å². The lowest BCUT2D eigenvalue weighted by Gasteiger charge is -1.99. The Morgan fingerprint density at radius 3 is 2.14 bits per heavy atom. The van der Waals surface area contributed by atoms with Crippen molar-refractivity contribution in [3.8, 4) is 17.6 Å². The summed E-state index contributed by atoms with van der Waals surface area (Å²) in [5, 5.41) is 3.12. The number of ether oxygens (including phenoxy) is 1. The summed E-state index contributed by atoms with van der Waals surface area (Å²) >= 11 is 0. The molecular formula is C19H19NO2. The number of anilines is 1. The van der Waals surface area contributed by atoms with Crippen LogP contribution in [0.15, 0.2) is 53.3 Å². The molecule has 0 heterocycles. The molecule has 0 bridgehead atoms. The number of hydrogen-bond acceptors (Lipinski definition) is 3. The van der Waals surface area contributed by atoms with Gasteiger partial charge in [-0.05, 0) is 55.0 Å². The molecule has 2 aromatic carbocycles. The van der Waals surface area contributed by atoms with E-state index in [1.54, 1.807) is 25.3 Å². The van der Waals surface area contributed by atoms with Crippen LogP contribution in [0.4, 0.5) is 5.69 Å². The average molecular weight is 293 g/mol. The van der Waals surface area contributed by atoms with Gasteiger partial charge >= 0.3 is 0 Å². The van der Waals surface area contributed by atoms with Crippen LogP contribution in [0, 0.1) is 11.8 Å². The second-order valence-corrected chi connectivity index (χ2v) is 4.81. The van der Waals surface area contributed by atoms with Gasteiger partial charge in [0.1, 0.15) is 5.75 Å². The second kappa shape index (κ2) is 7.90. The quantitative estimate of drug-likeness (QED) is 0.879. The zero-order valence-electron chi connectivity index (χ0n) is 12.8. The van der Waals surface area contributed by atoms with E-state index in [9.17, 15) is 4.79 Å². The minimum absolute atomic E-state index is 0.0223. The minimum atomic E-state index is -0.0223. The molecule has 0 spiro atoms. The van der Waals surface area contributed by atoms with Crippen LogP contribution in [0.3, 0.4) is 0 Å². The highest BCUT2D eigenvalue weighted by molar-refractivity contribution is 5.48. The van der Waals surface area contributed by atoms with Crippen LogP contribution in [0.1, 0.15) is 24.5 Å². The van der Waals surface area contributed by atoms with Crippen molar-refractivity contribution < 1.29 is 4.74 Å². The van der Waals surface area contributed by atoms with Crippen molar-refractivity contribution in [2.75, 3.05) is 19.0 Å². The Kier molecular flexibility index (Phi) is 5.62. The van der Waals surface area contributed by atoms with Crippen molar-refractivity contribution in [3.63, 3.8) is 0 Å². The molecule has 0 aromatic heterocycles. The molecule has 0 amide bonds. The van der Waals surface area contributed by atoms with Gasteiger partial charge in [-0.2, -0.15) is 0 Å². The van der Waals surface area contributed by atoms with Gasteiger partial charge < -0.3 is 10.1 Å². The Labute approximate surface area is 131 Å². The summed E-state index contributed by atoms with van der Waals surface area (Å²) in [6.45, 7) is 2.85. The summed E-state index contributed by atoms with van der Waals surface area (Å²) < 4.78 is 5.11. The van der Waals surface area contributed by atoms with Gasteiger partial charge in [-0.25, -0.2) is 0 Å². The summed E-state index contributed by atoms with van der Waals surface area (Å²) in [6, 6.07) is 14.5. The molecule has 0 saturated carbocycles. The van der Waals surface area contributed by atoms with Gasteiger partial charge in [-0.3, -0.25) is 4.79 Å². The number of nitrogens with one attached hydrogen (secondary N) is 1. The summed E-state index contributed by atoms with van der Waals surface area (Å²) in [7, 11) is 1.63. The summed E-state index contributed by atoms with van der Waals surface area (Å²) in [5.41, 5.74) is 2.29. The summed E-state index contributed by atoms with van der Waals surface area (Å²) in [6.07, 6.45) is 0.974. The first kappa shape index (κ1) is 15.7. The maximum absolute atomic E-state index is 11.9. The first-order valence-corrected chi connectivity index (χ1v) is 7.27. The van der Waals surface area contributed by atoms with Crippen molar-refractivity contribution in [3.05, 3.63) is 69.9 Å². The largest absolute Gasteiger partial charge is 0.497 e. The molecule has 0 aliphatic rings. The fourth-order valence-electron chi connectivity index (χ4n) is 1.87. The van der Waals surface area contributed by atoms with Gasteiger partial charge in [0.25, 0.3) is 0 Å². The van der Waals surface area contributed by atoms with Gasteiger partial charge in [0.2, 0.25) is 5.43 Å². The molecule has 2 rings (SSSR count). The monoisotopic (exact) mass is 293 g/mol. The SMILES string of the molecule is CCCNc1ccc(C#Cc2ccc(OC)cc2)ccc1=O. The van der Waals surface area contributed by atoms with Gasteiger partial charge in [0, 0.05) is 17.7 Å². The van der Waals surface area contributed by atoms with Crippen LogP contribution in [-0.2, 0) is 0 Å². The number of benzene rings is 1. The molecule has 112 valence electrons. The van der Waals surface area contributed by atoms with Crippen molar-refractivity contribution in [1.82, 2.24) is 0 Å². The van der Waals surface area contributed by atoms with E-state index in [1.807, 2.05) is 30.3 Å². The lowest BCUT2D eigenvalue weighted by molar-refractivity contribution is 0.415. The second-order valence-electron chi connectivity index (χ2n) is 4.81. The molecule has 3 heteroatoms. The molecule has 1 N–H and O–H groups in total. The molecule has 0 atom stereocenters. The van der Waals surface area contributed by atoms with Crippen LogP contribution in [0.5, 0.6) is 5.75 Å². The Hall–Kier alpha value is -2.73. The van der Waals surface area contributed by atoms with Crippen molar-refractivity contribution in [1.29, 1.82) is 0 Å². The molecular weight excluding hydrogens is 274 g/mol. The van der Waals surface area contributed by atoms with Crippen LogP contribution < -0.4 is 15.5 Å². The van der Waals surface area contributed by atoms with Crippen molar-refractivity contribution in [2.24, 2.45) is 0 Å². The zero-order valence-corrected chi connectivity index (χ0v) is 12.8. The lowest BCUT2D eigenvalue weighted by Crippen LogP contribution is -2.08. The Balaban J connectivity index is 2.21. The average Bonchev–Trinajstić information content (AvgIpc) is 2.73. The molecule has 3 nitrogen and oxygen atoms in total. The molecule has 22 heavy (non-hydrogen) atoms. The Bertz CT molecular complexity index is 740. The van der Waals surface area contributed by atoms with E-state index in [2.05, 4.69) is 24.1 Å². The normalized spacial score (nSPS) is 9.55. The maximum atomic E-state index is 11.9. The molecule has 0 saturated heterocycles. The summed E-state index contributed by atoms with van der Waals surface area (Å²) in [5.74, 6) is 6.96. The Morgan fingerprint density at radius 1 is 0.955 bits per heavy atom. The smallest absolute Gasteiger partial charge is 0.201 e. The fourth-order valence-corrected chi connectivity index (χ4v) is 1.87. The zero-order chi connectivity index (χ0) is 15.8. The van der Waals surface area contributed by atoms with Crippen molar-refractivity contribution >= 4 is 5.69 Å². The highest BCUT2D eigenvalue weighted by atomic mass is 16.5. The van der Waals surface area contributed by atoms with Gasteiger partial charge in [0.05, 0.1) is 12.8 Å². The third kappa shape index (κ3) is 4.39. The number of methoxy groups -OCH3 is 1. The molecule has 0 aliphatic carbocycles. The van der Waals surface area contributed by atoms with E-state index < -0.39 is 0 Å². The maximum Gasteiger partial charge on any atom is 0.201 e. The minimum Gasteiger partial charge on any atom is -0.497 e. The first-order chi connectivity index (χ1) is 10.7. The fraction of sp³-hybridized carbons (Fsp3) is 0.211. The number of hydrogen-bond donors (Lipinski definition) is 1. The third-order valence-corrected chi connectivity index (χ3v) is 3.12. The molecule has 0 radical (unpaired) electrons.